The monoisotopic (exact) mass is 381 g/mol. The van der Waals surface area contributed by atoms with Gasteiger partial charge in [-0.1, -0.05) is 32.9 Å². The highest BCUT2D eigenvalue weighted by molar-refractivity contribution is 6.01. The lowest BCUT2D eigenvalue weighted by atomic mass is 9.97. The van der Waals surface area contributed by atoms with Gasteiger partial charge in [0.05, 0.1) is 19.2 Å². The molecule has 2 N–H and O–H groups in total. The number of ether oxygens (including phenoxy) is 1. The molecule has 146 valence electrons. The van der Waals surface area contributed by atoms with E-state index in [2.05, 4.69) is 15.6 Å². The lowest BCUT2D eigenvalue weighted by Crippen LogP contribution is -2.33. The van der Waals surface area contributed by atoms with Crippen LogP contribution in [0.1, 0.15) is 37.0 Å². The summed E-state index contributed by atoms with van der Waals surface area (Å²) in [4.78, 5) is 28.9. The lowest BCUT2D eigenvalue weighted by Gasteiger charge is -2.11. The van der Waals surface area contributed by atoms with Crippen molar-refractivity contribution >= 4 is 28.6 Å². The third-order valence-electron chi connectivity index (χ3n) is 4.07. The number of nitrogens with zero attached hydrogens (tertiary/aromatic N) is 1. The normalized spacial score (nSPS) is 11.3. The van der Waals surface area contributed by atoms with Crippen LogP contribution in [0.2, 0.25) is 0 Å². The lowest BCUT2D eigenvalue weighted by molar-refractivity contribution is -0.115. The minimum Gasteiger partial charge on any atom is -0.496 e. The Bertz CT molecular complexity index is 1020. The molecule has 7 nitrogen and oxygen atoms in total. The van der Waals surface area contributed by atoms with Gasteiger partial charge < -0.3 is 19.8 Å². The van der Waals surface area contributed by atoms with E-state index in [0.29, 0.717) is 34.0 Å². The van der Waals surface area contributed by atoms with Crippen LogP contribution in [0.5, 0.6) is 5.75 Å². The predicted octanol–water partition coefficient (Wildman–Crippen LogP) is 3.50. The van der Waals surface area contributed by atoms with Crippen LogP contribution in [0.4, 0.5) is 5.69 Å². The van der Waals surface area contributed by atoms with Crippen LogP contribution >= 0.6 is 0 Å². The largest absolute Gasteiger partial charge is 0.496 e. The van der Waals surface area contributed by atoms with Crippen molar-refractivity contribution in [1.82, 2.24) is 10.3 Å². The summed E-state index contributed by atoms with van der Waals surface area (Å²) in [5.74, 6) is 0.359. The van der Waals surface area contributed by atoms with Gasteiger partial charge in [0, 0.05) is 11.1 Å². The maximum Gasteiger partial charge on any atom is 0.255 e. The fraction of sp³-hybridized carbons (Fsp3) is 0.286. The van der Waals surface area contributed by atoms with Crippen molar-refractivity contribution in [2.75, 3.05) is 19.0 Å². The van der Waals surface area contributed by atoms with Crippen LogP contribution in [0.3, 0.4) is 0 Å². The van der Waals surface area contributed by atoms with E-state index in [9.17, 15) is 9.59 Å². The standard InChI is InChI=1S/C21H23N3O4/c1-21(2,3)20-24-15-11-13(9-10-17(15)28-20)23-18(25)12-22-19(26)14-7-5-6-8-16(14)27-4/h5-11H,12H2,1-4H3,(H,22,26)(H,23,25). The van der Waals surface area contributed by atoms with Crippen molar-refractivity contribution in [3.05, 3.63) is 53.9 Å². The summed E-state index contributed by atoms with van der Waals surface area (Å²) in [6.07, 6.45) is 0. The number of rotatable bonds is 5. The number of amides is 2. The highest BCUT2D eigenvalue weighted by atomic mass is 16.5. The van der Waals surface area contributed by atoms with Crippen molar-refractivity contribution in [1.29, 1.82) is 0 Å². The first kappa shape index (κ1) is 19.4. The van der Waals surface area contributed by atoms with Gasteiger partial charge in [0.2, 0.25) is 11.8 Å². The summed E-state index contributed by atoms with van der Waals surface area (Å²) in [6.45, 7) is 5.89. The zero-order valence-electron chi connectivity index (χ0n) is 16.3. The SMILES string of the molecule is COc1ccccc1C(=O)NCC(=O)Nc1ccc2oc(C(C)(C)C)nc2c1. The number of aromatic nitrogens is 1. The highest BCUT2D eigenvalue weighted by Gasteiger charge is 2.21. The molecule has 0 bridgehead atoms. The maximum atomic E-state index is 12.3. The second-order valence-electron chi connectivity index (χ2n) is 7.38. The molecule has 0 aliphatic rings. The Labute approximate surface area is 163 Å². The van der Waals surface area contributed by atoms with E-state index in [-0.39, 0.29) is 23.8 Å². The highest BCUT2D eigenvalue weighted by Crippen LogP contribution is 2.27. The number of nitrogens with one attached hydrogen (secondary N) is 2. The molecule has 2 aromatic carbocycles. The van der Waals surface area contributed by atoms with E-state index < -0.39 is 0 Å². The number of carbonyl (C=O) groups is 2. The smallest absolute Gasteiger partial charge is 0.255 e. The quantitative estimate of drug-likeness (QED) is 0.705. The molecule has 0 fully saturated rings. The van der Waals surface area contributed by atoms with E-state index >= 15 is 0 Å². The van der Waals surface area contributed by atoms with Gasteiger partial charge in [-0.3, -0.25) is 9.59 Å². The van der Waals surface area contributed by atoms with E-state index in [1.54, 1.807) is 42.5 Å². The molecule has 0 spiro atoms. The molecule has 1 aromatic heterocycles. The van der Waals surface area contributed by atoms with Crippen molar-refractivity contribution in [3.63, 3.8) is 0 Å². The number of benzene rings is 2. The molecular weight excluding hydrogens is 358 g/mol. The molecule has 0 saturated carbocycles. The third-order valence-corrected chi connectivity index (χ3v) is 4.07. The summed E-state index contributed by atoms with van der Waals surface area (Å²) < 4.78 is 10.9. The van der Waals surface area contributed by atoms with Gasteiger partial charge in [0.15, 0.2) is 5.58 Å². The van der Waals surface area contributed by atoms with Crippen LogP contribution in [0.25, 0.3) is 11.1 Å². The average Bonchev–Trinajstić information content (AvgIpc) is 3.10. The van der Waals surface area contributed by atoms with Crippen molar-refractivity contribution in [2.24, 2.45) is 0 Å². The van der Waals surface area contributed by atoms with Gasteiger partial charge >= 0.3 is 0 Å². The van der Waals surface area contributed by atoms with Gasteiger partial charge in [-0.25, -0.2) is 4.98 Å². The molecule has 0 aliphatic heterocycles. The first-order valence-electron chi connectivity index (χ1n) is 8.90. The van der Waals surface area contributed by atoms with Gasteiger partial charge in [-0.2, -0.15) is 0 Å². The Morgan fingerprint density at radius 2 is 1.89 bits per heavy atom. The minimum atomic E-state index is -0.380. The number of fused-ring (bicyclic) bond motifs is 1. The molecule has 0 atom stereocenters. The molecule has 2 amide bonds. The average molecular weight is 381 g/mol. The van der Waals surface area contributed by atoms with Gasteiger partial charge in [0.25, 0.3) is 5.91 Å². The Balaban J connectivity index is 1.64. The van der Waals surface area contributed by atoms with Crippen LogP contribution < -0.4 is 15.4 Å². The Kier molecular flexibility index (Phi) is 5.35. The summed E-state index contributed by atoms with van der Waals surface area (Å²) in [5.41, 5.74) is 2.08. The zero-order chi connectivity index (χ0) is 20.3. The molecule has 0 aliphatic carbocycles. The molecule has 0 unspecified atom stereocenters. The van der Waals surface area contributed by atoms with Crippen molar-refractivity contribution in [2.45, 2.75) is 26.2 Å². The van der Waals surface area contributed by atoms with Crippen LogP contribution in [0, 0.1) is 0 Å². The molecular formula is C21H23N3O4. The fourth-order valence-corrected chi connectivity index (χ4v) is 2.62. The molecule has 1 heterocycles. The van der Waals surface area contributed by atoms with Crippen LogP contribution in [0.15, 0.2) is 46.9 Å². The number of anilines is 1. The first-order valence-corrected chi connectivity index (χ1v) is 8.90. The number of carbonyl (C=O) groups excluding carboxylic acids is 2. The Morgan fingerprint density at radius 1 is 1.14 bits per heavy atom. The predicted molar refractivity (Wildman–Crippen MR) is 107 cm³/mol. The van der Waals surface area contributed by atoms with E-state index in [1.807, 2.05) is 20.8 Å². The molecule has 3 aromatic rings. The second-order valence-corrected chi connectivity index (χ2v) is 7.38. The topological polar surface area (TPSA) is 93.5 Å². The number of methoxy groups -OCH3 is 1. The van der Waals surface area contributed by atoms with Gasteiger partial charge in [-0.15, -0.1) is 0 Å². The molecule has 0 radical (unpaired) electrons. The summed E-state index contributed by atoms with van der Waals surface area (Å²) in [7, 11) is 1.49. The number of hydrogen-bond donors (Lipinski definition) is 2. The molecule has 3 rings (SSSR count). The Morgan fingerprint density at radius 3 is 2.61 bits per heavy atom. The molecule has 0 saturated heterocycles. The Hall–Kier alpha value is -3.35. The van der Waals surface area contributed by atoms with E-state index in [4.69, 9.17) is 9.15 Å². The summed E-state index contributed by atoms with van der Waals surface area (Å²) in [6, 6.07) is 12.1. The van der Waals surface area contributed by atoms with E-state index in [0.717, 1.165) is 0 Å². The number of hydrogen-bond acceptors (Lipinski definition) is 5. The summed E-state index contributed by atoms with van der Waals surface area (Å²) >= 11 is 0. The molecule has 7 heteroatoms. The zero-order valence-corrected chi connectivity index (χ0v) is 16.3. The molecule has 28 heavy (non-hydrogen) atoms. The fourth-order valence-electron chi connectivity index (χ4n) is 2.62. The minimum absolute atomic E-state index is 0.166. The third kappa shape index (κ3) is 4.31. The van der Waals surface area contributed by atoms with Crippen LogP contribution in [-0.4, -0.2) is 30.5 Å². The number of para-hydroxylation sites is 1. The van der Waals surface area contributed by atoms with E-state index in [1.165, 1.54) is 7.11 Å². The van der Waals surface area contributed by atoms with Crippen molar-refractivity contribution in [3.8, 4) is 5.75 Å². The second kappa shape index (κ2) is 7.72. The summed E-state index contributed by atoms with van der Waals surface area (Å²) in [5, 5.41) is 5.34. The van der Waals surface area contributed by atoms with Crippen LogP contribution in [-0.2, 0) is 10.2 Å². The van der Waals surface area contributed by atoms with Gasteiger partial charge in [0.1, 0.15) is 11.3 Å². The van der Waals surface area contributed by atoms with Crippen molar-refractivity contribution < 1.29 is 18.7 Å². The maximum absolute atomic E-state index is 12.3. The number of oxazole rings is 1. The first-order chi connectivity index (χ1) is 13.3. The van der Waals surface area contributed by atoms with Gasteiger partial charge in [-0.05, 0) is 30.3 Å².